The quantitative estimate of drug-likeness (QED) is 0.292. The first-order valence-corrected chi connectivity index (χ1v) is 14.6. The molecule has 0 spiro atoms. The third-order valence-corrected chi connectivity index (χ3v) is 8.41. The van der Waals surface area contributed by atoms with E-state index < -0.39 is 0 Å². The highest BCUT2D eigenvalue weighted by molar-refractivity contribution is 7.99. The fraction of sp³-hybridized carbons (Fsp3) is 0.345. The second-order valence-corrected chi connectivity index (χ2v) is 11.1. The van der Waals surface area contributed by atoms with Crippen LogP contribution in [0.4, 0.5) is 4.79 Å². The van der Waals surface area contributed by atoms with Crippen LogP contribution in [-0.2, 0) is 21.1 Å². The van der Waals surface area contributed by atoms with Crippen molar-refractivity contribution in [2.24, 2.45) is 0 Å². The molecular weight excluding hydrogens is 566 g/mol. The fourth-order valence-electron chi connectivity index (χ4n) is 3.85. The number of carbonyl (C=O) groups is 3. The molecule has 3 atom stereocenters. The maximum atomic E-state index is 12.6. The van der Waals surface area contributed by atoms with Crippen molar-refractivity contribution in [1.29, 1.82) is 0 Å². The second kappa shape index (κ2) is 16.9. The Morgan fingerprint density at radius 3 is 2.02 bits per heavy atom. The summed E-state index contributed by atoms with van der Waals surface area (Å²) in [4.78, 5) is 44.9. The van der Waals surface area contributed by atoms with Crippen molar-refractivity contribution < 1.29 is 14.4 Å². The van der Waals surface area contributed by atoms with Gasteiger partial charge in [-0.3, -0.25) is 24.5 Å². The predicted molar refractivity (Wildman–Crippen MR) is 165 cm³/mol. The molecule has 11 heteroatoms. The Morgan fingerprint density at radius 1 is 0.950 bits per heavy atom. The van der Waals surface area contributed by atoms with E-state index in [1.165, 1.54) is 4.90 Å². The Morgan fingerprint density at radius 2 is 1.52 bits per heavy atom. The fourth-order valence-corrected chi connectivity index (χ4v) is 6.04. The maximum Gasteiger partial charge on any atom is 0.325 e. The number of halogens is 1. The number of likely N-dealkylation sites (tertiary alicyclic amines) is 1. The predicted octanol–water partition coefficient (Wildman–Crippen LogP) is 5.95. The maximum absolute atomic E-state index is 12.6. The van der Waals surface area contributed by atoms with E-state index in [0.29, 0.717) is 24.0 Å². The zero-order valence-corrected chi connectivity index (χ0v) is 24.0. The van der Waals surface area contributed by atoms with Gasteiger partial charge in [-0.2, -0.15) is 0 Å². The van der Waals surface area contributed by atoms with Crippen LogP contribution >= 0.6 is 35.9 Å². The number of hydrogen-bond acceptors (Lipinski definition) is 7. The van der Waals surface area contributed by atoms with Gasteiger partial charge in [0.15, 0.2) is 0 Å². The molecule has 0 aliphatic carbocycles. The number of aromatic nitrogens is 2. The second-order valence-electron chi connectivity index (χ2n) is 8.77. The number of nitrogens with zero attached hydrogens (tertiary/aromatic N) is 3. The molecule has 5 rings (SSSR count). The Labute approximate surface area is 250 Å². The van der Waals surface area contributed by atoms with Crippen molar-refractivity contribution in [2.45, 2.75) is 61.9 Å². The molecule has 2 aliphatic rings. The van der Waals surface area contributed by atoms with Crippen molar-refractivity contribution in [3.05, 3.63) is 96.1 Å². The lowest BCUT2D eigenvalue weighted by atomic mass is 10.0. The first kappa shape index (κ1) is 33.1. The van der Waals surface area contributed by atoms with Crippen molar-refractivity contribution in [3.8, 4) is 0 Å². The molecule has 8 nitrogen and oxygen atoms in total. The van der Waals surface area contributed by atoms with Crippen LogP contribution in [0.2, 0.25) is 0 Å². The van der Waals surface area contributed by atoms with Gasteiger partial charge in [-0.15, -0.1) is 35.9 Å². The molecule has 214 valence electrons. The largest absolute Gasteiger partial charge is 0.344 e. The number of thioether (sulfide) groups is 2. The lowest BCUT2D eigenvalue weighted by molar-refractivity contribution is -0.137. The normalized spacial score (nSPS) is 17.8. The Bertz CT molecular complexity index is 1200. The third kappa shape index (κ3) is 9.53. The van der Waals surface area contributed by atoms with Crippen LogP contribution in [0, 0.1) is 0 Å². The SMILES string of the molecule is C.CC[C@@H](NC(=O)N1C(=O)C[C@@H]1SCc1ccccn1)c1ccccc1.Cl.O=C1CC(SCc2ccccn2)N1. The van der Waals surface area contributed by atoms with Gasteiger partial charge in [0.25, 0.3) is 0 Å². The molecule has 2 fully saturated rings. The van der Waals surface area contributed by atoms with Crippen molar-refractivity contribution in [1.82, 2.24) is 25.5 Å². The Hall–Kier alpha value is -3.08. The third-order valence-electron chi connectivity index (χ3n) is 6.03. The van der Waals surface area contributed by atoms with E-state index in [9.17, 15) is 14.4 Å². The molecular formula is C29H36ClN5O3S2. The molecule has 4 heterocycles. The molecule has 0 saturated carbocycles. The number of rotatable bonds is 9. The topological polar surface area (TPSA) is 104 Å². The van der Waals surface area contributed by atoms with Crippen LogP contribution in [0.3, 0.4) is 0 Å². The summed E-state index contributed by atoms with van der Waals surface area (Å²) in [7, 11) is 0. The molecule has 2 saturated heterocycles. The highest BCUT2D eigenvalue weighted by Crippen LogP contribution is 2.32. The number of hydrogen-bond donors (Lipinski definition) is 2. The molecule has 0 bridgehead atoms. The number of imide groups is 1. The Kier molecular flexibility index (Phi) is 14.0. The van der Waals surface area contributed by atoms with Crippen molar-refractivity contribution in [2.75, 3.05) is 0 Å². The number of amides is 4. The van der Waals surface area contributed by atoms with E-state index in [0.717, 1.165) is 29.1 Å². The van der Waals surface area contributed by atoms with E-state index in [4.69, 9.17) is 0 Å². The van der Waals surface area contributed by atoms with Gasteiger partial charge in [0, 0.05) is 23.9 Å². The van der Waals surface area contributed by atoms with Gasteiger partial charge in [0.1, 0.15) is 0 Å². The molecule has 1 aromatic carbocycles. The summed E-state index contributed by atoms with van der Waals surface area (Å²) in [5, 5.41) is 5.97. The van der Waals surface area contributed by atoms with E-state index in [2.05, 4.69) is 20.6 Å². The zero-order chi connectivity index (χ0) is 26.7. The van der Waals surface area contributed by atoms with Gasteiger partial charge in [-0.1, -0.05) is 56.8 Å². The molecule has 1 unspecified atom stereocenters. The molecule has 0 radical (unpaired) electrons. The number of β-lactam (4-membered cyclic amide) rings is 2. The summed E-state index contributed by atoms with van der Waals surface area (Å²) < 4.78 is 0. The Balaban J connectivity index is 0.000000317. The number of carbonyl (C=O) groups excluding carboxylic acids is 3. The minimum absolute atomic E-state index is 0. The van der Waals surface area contributed by atoms with Crippen LogP contribution in [0.25, 0.3) is 0 Å². The monoisotopic (exact) mass is 601 g/mol. The smallest absolute Gasteiger partial charge is 0.325 e. The van der Waals surface area contributed by atoms with Gasteiger partial charge in [0.2, 0.25) is 11.8 Å². The first-order chi connectivity index (χ1) is 18.5. The van der Waals surface area contributed by atoms with Crippen molar-refractivity contribution >= 4 is 53.8 Å². The van der Waals surface area contributed by atoms with E-state index in [1.54, 1.807) is 35.9 Å². The molecule has 40 heavy (non-hydrogen) atoms. The summed E-state index contributed by atoms with van der Waals surface area (Å²) in [6.07, 6.45) is 5.35. The average Bonchev–Trinajstić information content (AvgIpc) is 2.93. The summed E-state index contributed by atoms with van der Waals surface area (Å²) in [5.41, 5.74) is 3.06. The van der Waals surface area contributed by atoms with Crippen LogP contribution in [0.15, 0.2) is 79.1 Å². The number of benzene rings is 1. The van der Waals surface area contributed by atoms with Crippen LogP contribution in [-0.4, -0.2) is 43.5 Å². The van der Waals surface area contributed by atoms with E-state index in [1.807, 2.05) is 73.7 Å². The first-order valence-electron chi connectivity index (χ1n) is 12.5. The number of urea groups is 1. The minimum Gasteiger partial charge on any atom is -0.344 e. The summed E-state index contributed by atoms with van der Waals surface area (Å²) in [6, 6.07) is 21.0. The summed E-state index contributed by atoms with van der Waals surface area (Å²) in [6.45, 7) is 2.02. The van der Waals surface area contributed by atoms with Gasteiger partial charge in [0.05, 0.1) is 41.0 Å². The van der Waals surface area contributed by atoms with E-state index in [-0.39, 0.29) is 49.1 Å². The van der Waals surface area contributed by atoms with E-state index >= 15 is 0 Å². The molecule has 4 amide bonds. The zero-order valence-electron chi connectivity index (χ0n) is 21.6. The van der Waals surface area contributed by atoms with Crippen LogP contribution in [0.1, 0.15) is 56.6 Å². The average molecular weight is 602 g/mol. The number of nitrogens with one attached hydrogen (secondary N) is 2. The summed E-state index contributed by atoms with van der Waals surface area (Å²) in [5.74, 6) is 1.57. The van der Waals surface area contributed by atoms with Crippen molar-refractivity contribution in [3.63, 3.8) is 0 Å². The minimum atomic E-state index is -0.314. The standard InChI is InChI=1S/C19H21N3O2S.C9H10N2OS.CH4.ClH/c1-2-16(14-8-4-3-5-9-14)21-19(24)22-17(23)12-18(22)25-13-15-10-6-7-11-20-15;12-8-5-9(11-8)13-6-7-3-1-2-4-10-7;;/h3-11,16,18H,2,12-13H2,1H3,(H,21,24);1-4,9H,5-6H2,(H,11,12);1H4;1H/t16-,18+;;;/m1.../s1. The number of pyridine rings is 2. The molecule has 3 aromatic rings. The van der Waals surface area contributed by atoms with Crippen LogP contribution < -0.4 is 10.6 Å². The lowest BCUT2D eigenvalue weighted by Crippen LogP contribution is -2.57. The molecule has 2 aliphatic heterocycles. The van der Waals surface area contributed by atoms with Gasteiger partial charge in [-0.05, 0) is 36.2 Å². The summed E-state index contributed by atoms with van der Waals surface area (Å²) >= 11 is 3.29. The van der Waals surface area contributed by atoms with Gasteiger partial charge < -0.3 is 10.6 Å². The van der Waals surface area contributed by atoms with Gasteiger partial charge in [-0.25, -0.2) is 4.79 Å². The highest BCUT2D eigenvalue weighted by Gasteiger charge is 2.41. The van der Waals surface area contributed by atoms with Gasteiger partial charge >= 0.3 is 6.03 Å². The van der Waals surface area contributed by atoms with Crippen LogP contribution in [0.5, 0.6) is 0 Å². The lowest BCUT2D eigenvalue weighted by Gasteiger charge is -2.38. The molecule has 2 N–H and O–H groups in total. The highest BCUT2D eigenvalue weighted by atomic mass is 35.5. The molecule has 2 aromatic heterocycles.